The minimum absolute atomic E-state index is 0.0413. The van der Waals surface area contributed by atoms with Gasteiger partial charge in [0.15, 0.2) is 28.3 Å². The highest BCUT2D eigenvalue weighted by Gasteiger charge is 2.25. The number of rotatable bonds is 10. The Morgan fingerprint density at radius 2 is 1.63 bits per heavy atom. The van der Waals surface area contributed by atoms with Gasteiger partial charge in [0.25, 0.3) is 0 Å². The van der Waals surface area contributed by atoms with Gasteiger partial charge in [0.1, 0.15) is 11.5 Å². The molecule has 186 valence electrons. The Bertz CT molecular complexity index is 1170. The Hall–Kier alpha value is -3.20. The fraction of sp³-hybridized carbons (Fsp3) is 0.423. The molecule has 0 atom stereocenters. The van der Waals surface area contributed by atoms with Crippen molar-refractivity contribution in [1.82, 2.24) is 14.8 Å². The van der Waals surface area contributed by atoms with E-state index in [1.54, 1.807) is 46.6 Å². The van der Waals surface area contributed by atoms with E-state index in [2.05, 4.69) is 14.8 Å². The molecule has 9 heteroatoms. The average Bonchev–Trinajstić information content (AvgIpc) is 3.35. The molecule has 0 saturated heterocycles. The summed E-state index contributed by atoms with van der Waals surface area (Å²) in [6.07, 6.45) is 5.70. The number of aromatic nitrogens is 3. The highest BCUT2D eigenvalue weighted by molar-refractivity contribution is 7.99. The second kappa shape index (κ2) is 11.5. The summed E-state index contributed by atoms with van der Waals surface area (Å²) in [6, 6.07) is 11.3. The molecule has 1 fully saturated rings. The summed E-state index contributed by atoms with van der Waals surface area (Å²) in [5.41, 5.74) is 1.42. The molecule has 1 aromatic heterocycles. The highest BCUT2D eigenvalue weighted by Crippen LogP contribution is 2.38. The van der Waals surface area contributed by atoms with Crippen LogP contribution in [0, 0.1) is 0 Å². The van der Waals surface area contributed by atoms with Crippen LogP contribution in [0.5, 0.6) is 23.0 Å². The number of carbonyl (C=O) groups is 1. The van der Waals surface area contributed by atoms with Gasteiger partial charge in [-0.15, -0.1) is 10.2 Å². The Labute approximate surface area is 209 Å². The van der Waals surface area contributed by atoms with Crippen LogP contribution < -0.4 is 18.9 Å². The Kier molecular flexibility index (Phi) is 8.17. The smallest absolute Gasteiger partial charge is 0.192 e. The number of benzene rings is 2. The van der Waals surface area contributed by atoms with Gasteiger partial charge in [-0.25, -0.2) is 0 Å². The predicted octanol–water partition coefficient (Wildman–Crippen LogP) is 5.46. The van der Waals surface area contributed by atoms with Crippen molar-refractivity contribution in [3.8, 4) is 34.4 Å². The van der Waals surface area contributed by atoms with Gasteiger partial charge in [0.05, 0.1) is 39.8 Å². The van der Waals surface area contributed by atoms with Crippen molar-refractivity contribution in [2.45, 2.75) is 43.3 Å². The van der Waals surface area contributed by atoms with Gasteiger partial charge in [-0.3, -0.25) is 9.36 Å². The second-order valence-corrected chi connectivity index (χ2v) is 9.26. The molecule has 1 saturated carbocycles. The lowest BCUT2D eigenvalue weighted by molar-refractivity contribution is 0.101. The van der Waals surface area contributed by atoms with Gasteiger partial charge >= 0.3 is 0 Å². The zero-order chi connectivity index (χ0) is 24.8. The zero-order valence-corrected chi connectivity index (χ0v) is 21.4. The van der Waals surface area contributed by atoms with Gasteiger partial charge < -0.3 is 18.9 Å². The van der Waals surface area contributed by atoms with Crippen molar-refractivity contribution in [2.24, 2.45) is 0 Å². The summed E-state index contributed by atoms with van der Waals surface area (Å²) in [5, 5.41) is 9.78. The van der Waals surface area contributed by atoms with E-state index >= 15 is 0 Å². The molecule has 1 aliphatic carbocycles. The number of thioether (sulfide) groups is 1. The van der Waals surface area contributed by atoms with Crippen LogP contribution in [0.2, 0.25) is 0 Å². The van der Waals surface area contributed by atoms with E-state index in [1.165, 1.54) is 31.0 Å². The van der Waals surface area contributed by atoms with Gasteiger partial charge in [0, 0.05) is 17.7 Å². The number of ketones is 1. The molecular formula is C26H31N3O5S. The molecule has 1 aliphatic rings. The van der Waals surface area contributed by atoms with Crippen molar-refractivity contribution in [3.63, 3.8) is 0 Å². The number of carbonyl (C=O) groups excluding carboxylic acids is 1. The number of nitrogens with zero attached hydrogens (tertiary/aromatic N) is 3. The largest absolute Gasteiger partial charge is 0.497 e. The first-order chi connectivity index (χ1) is 17.1. The minimum atomic E-state index is -0.0413. The van der Waals surface area contributed by atoms with Crippen molar-refractivity contribution in [2.75, 3.05) is 34.2 Å². The lowest BCUT2D eigenvalue weighted by Gasteiger charge is -2.25. The molecule has 0 N–H and O–H groups in total. The van der Waals surface area contributed by atoms with E-state index in [0.29, 0.717) is 28.6 Å². The van der Waals surface area contributed by atoms with Gasteiger partial charge in [-0.05, 0) is 43.2 Å². The SMILES string of the molecule is COc1ccc(C(=O)CSc2nnc(-c3ccc(OC)c(OC)c3)n2C2CCCCC2)c(OC)c1. The van der Waals surface area contributed by atoms with E-state index < -0.39 is 0 Å². The van der Waals surface area contributed by atoms with Gasteiger partial charge in [-0.1, -0.05) is 31.0 Å². The van der Waals surface area contributed by atoms with Crippen LogP contribution in [-0.4, -0.2) is 54.7 Å². The average molecular weight is 498 g/mol. The van der Waals surface area contributed by atoms with Crippen LogP contribution in [0.1, 0.15) is 48.5 Å². The molecule has 35 heavy (non-hydrogen) atoms. The molecular weight excluding hydrogens is 466 g/mol. The van der Waals surface area contributed by atoms with Crippen LogP contribution in [0.3, 0.4) is 0 Å². The molecule has 0 spiro atoms. The first-order valence-electron chi connectivity index (χ1n) is 11.6. The van der Waals surface area contributed by atoms with E-state index in [0.717, 1.165) is 29.4 Å². The summed E-state index contributed by atoms with van der Waals surface area (Å²) < 4.78 is 23.8. The molecule has 0 bridgehead atoms. The van der Waals surface area contributed by atoms with Crippen LogP contribution >= 0.6 is 11.8 Å². The molecule has 8 nitrogen and oxygen atoms in total. The van der Waals surface area contributed by atoms with Gasteiger partial charge in [-0.2, -0.15) is 0 Å². The third-order valence-corrected chi connectivity index (χ3v) is 7.23. The highest BCUT2D eigenvalue weighted by atomic mass is 32.2. The first kappa shape index (κ1) is 24.9. The standard InChI is InChI=1S/C26H31N3O5S/c1-31-19-11-12-20(23(15-19)33-3)21(30)16-35-26-28-27-25(29(26)18-8-6-5-7-9-18)17-10-13-22(32-2)24(14-17)34-4/h10-15,18H,5-9,16H2,1-4H3. The summed E-state index contributed by atoms with van der Waals surface area (Å²) in [6.45, 7) is 0. The normalized spacial score (nSPS) is 13.9. The van der Waals surface area contributed by atoms with Crippen LogP contribution in [-0.2, 0) is 0 Å². The van der Waals surface area contributed by atoms with Crippen LogP contribution in [0.25, 0.3) is 11.4 Å². The molecule has 0 aliphatic heterocycles. The maximum absolute atomic E-state index is 13.1. The van der Waals surface area contributed by atoms with Gasteiger partial charge in [0.2, 0.25) is 0 Å². The van der Waals surface area contributed by atoms with Crippen molar-refractivity contribution >= 4 is 17.5 Å². The van der Waals surface area contributed by atoms with E-state index in [1.807, 2.05) is 18.2 Å². The lowest BCUT2D eigenvalue weighted by Crippen LogP contribution is -2.16. The molecule has 2 aromatic carbocycles. The van der Waals surface area contributed by atoms with Crippen molar-refractivity contribution < 1.29 is 23.7 Å². The number of Topliss-reactive ketones (excluding diaryl/α,β-unsaturated/α-hetero) is 1. The number of hydrogen-bond donors (Lipinski definition) is 0. The topological polar surface area (TPSA) is 84.7 Å². The fourth-order valence-electron chi connectivity index (χ4n) is 4.45. The monoisotopic (exact) mass is 497 g/mol. The molecule has 0 amide bonds. The minimum Gasteiger partial charge on any atom is -0.497 e. The van der Waals surface area contributed by atoms with Crippen LogP contribution in [0.4, 0.5) is 0 Å². The summed E-state index contributed by atoms with van der Waals surface area (Å²) >= 11 is 1.40. The molecule has 4 rings (SSSR count). The Balaban J connectivity index is 1.63. The van der Waals surface area contributed by atoms with E-state index in [-0.39, 0.29) is 17.6 Å². The fourth-order valence-corrected chi connectivity index (χ4v) is 5.34. The molecule has 0 radical (unpaired) electrons. The molecule has 1 heterocycles. The number of methoxy groups -OCH3 is 4. The maximum atomic E-state index is 13.1. The molecule has 3 aromatic rings. The summed E-state index contributed by atoms with van der Waals surface area (Å²) in [7, 11) is 6.37. The number of hydrogen-bond acceptors (Lipinski definition) is 8. The van der Waals surface area contributed by atoms with Crippen LogP contribution in [0.15, 0.2) is 41.6 Å². The maximum Gasteiger partial charge on any atom is 0.192 e. The molecule has 0 unspecified atom stereocenters. The predicted molar refractivity (Wildman–Crippen MR) is 135 cm³/mol. The third-order valence-electron chi connectivity index (χ3n) is 6.29. The lowest BCUT2D eigenvalue weighted by atomic mass is 9.95. The summed E-state index contributed by atoms with van der Waals surface area (Å²) in [4.78, 5) is 13.1. The van der Waals surface area contributed by atoms with Crippen molar-refractivity contribution in [1.29, 1.82) is 0 Å². The van der Waals surface area contributed by atoms with E-state index in [4.69, 9.17) is 18.9 Å². The zero-order valence-electron chi connectivity index (χ0n) is 20.6. The quantitative estimate of drug-likeness (QED) is 0.270. The Morgan fingerprint density at radius 1 is 0.886 bits per heavy atom. The summed E-state index contributed by atoms with van der Waals surface area (Å²) in [5.74, 6) is 3.39. The Morgan fingerprint density at radius 3 is 2.31 bits per heavy atom. The third kappa shape index (κ3) is 5.40. The van der Waals surface area contributed by atoms with Crippen molar-refractivity contribution in [3.05, 3.63) is 42.0 Å². The number of ether oxygens (including phenoxy) is 4. The second-order valence-electron chi connectivity index (χ2n) is 8.32. The first-order valence-corrected chi connectivity index (χ1v) is 12.6. The van der Waals surface area contributed by atoms with E-state index in [9.17, 15) is 4.79 Å².